The summed E-state index contributed by atoms with van der Waals surface area (Å²) >= 11 is 6.52. The van der Waals surface area contributed by atoms with Crippen molar-refractivity contribution in [1.82, 2.24) is 24.9 Å². The number of aryl methyl sites for hydroxylation is 1. The van der Waals surface area contributed by atoms with Crippen molar-refractivity contribution in [2.24, 2.45) is 7.05 Å². The molecule has 22 heavy (non-hydrogen) atoms. The van der Waals surface area contributed by atoms with Crippen LogP contribution in [0.5, 0.6) is 0 Å². The van der Waals surface area contributed by atoms with Gasteiger partial charge in [0.05, 0.1) is 24.1 Å². The molecular weight excluding hydrogens is 298 g/mol. The first-order valence-electron chi connectivity index (χ1n) is 7.59. The monoisotopic (exact) mass is 315 g/mol. The Bertz CT molecular complexity index is 813. The number of hydrogen-bond acceptors (Lipinski definition) is 3. The molecule has 0 radical (unpaired) electrons. The molecule has 0 amide bonds. The molecule has 5 nitrogen and oxygen atoms in total. The zero-order chi connectivity index (χ0) is 15.1. The molecule has 0 bridgehead atoms. The fourth-order valence-corrected chi connectivity index (χ4v) is 3.56. The highest BCUT2D eigenvalue weighted by molar-refractivity contribution is 6.32. The maximum atomic E-state index is 6.52. The number of nitrogens with zero attached hydrogens (tertiary/aromatic N) is 4. The standard InChI is InChI=1S/C16H18ClN5/c1-21-10-13(9-19-21)22-16-7-14(11-2-4-18-5-3-11)15(17)6-12(16)8-20-22/h6-11,18H,2-5H2,1H3. The van der Waals surface area contributed by atoms with Crippen molar-refractivity contribution >= 4 is 22.5 Å². The van der Waals surface area contributed by atoms with E-state index in [1.54, 1.807) is 4.68 Å². The summed E-state index contributed by atoms with van der Waals surface area (Å²) in [6, 6.07) is 4.24. The first-order valence-corrected chi connectivity index (χ1v) is 7.97. The molecule has 1 N–H and O–H groups in total. The van der Waals surface area contributed by atoms with Crippen LogP contribution in [0.2, 0.25) is 5.02 Å². The van der Waals surface area contributed by atoms with Crippen molar-refractivity contribution in [3.05, 3.63) is 41.3 Å². The molecule has 6 heteroatoms. The van der Waals surface area contributed by atoms with Crippen LogP contribution in [0.25, 0.3) is 16.6 Å². The predicted octanol–water partition coefficient (Wildman–Crippen LogP) is 2.88. The van der Waals surface area contributed by atoms with Gasteiger partial charge in [-0.1, -0.05) is 11.6 Å². The maximum Gasteiger partial charge on any atom is 0.103 e. The molecular formula is C16H18ClN5. The third kappa shape index (κ3) is 2.30. The highest BCUT2D eigenvalue weighted by Crippen LogP contribution is 2.34. The molecule has 0 unspecified atom stereocenters. The summed E-state index contributed by atoms with van der Waals surface area (Å²) in [5.74, 6) is 0.524. The van der Waals surface area contributed by atoms with E-state index >= 15 is 0 Å². The summed E-state index contributed by atoms with van der Waals surface area (Å²) in [7, 11) is 1.91. The minimum atomic E-state index is 0.524. The molecule has 3 aromatic rings. The minimum absolute atomic E-state index is 0.524. The van der Waals surface area contributed by atoms with Gasteiger partial charge >= 0.3 is 0 Å². The fourth-order valence-electron chi connectivity index (χ4n) is 3.23. The zero-order valence-corrected chi connectivity index (χ0v) is 13.2. The Morgan fingerprint density at radius 3 is 2.73 bits per heavy atom. The minimum Gasteiger partial charge on any atom is -0.317 e. The van der Waals surface area contributed by atoms with E-state index in [9.17, 15) is 0 Å². The summed E-state index contributed by atoms with van der Waals surface area (Å²) in [5, 5.41) is 14.0. The third-order valence-electron chi connectivity index (χ3n) is 4.40. The molecule has 0 atom stereocenters. The Balaban J connectivity index is 1.83. The lowest BCUT2D eigenvalue weighted by Crippen LogP contribution is -2.26. The molecule has 1 aliphatic heterocycles. The van der Waals surface area contributed by atoms with Crippen molar-refractivity contribution in [2.75, 3.05) is 13.1 Å². The second-order valence-electron chi connectivity index (χ2n) is 5.89. The molecule has 0 spiro atoms. The first kappa shape index (κ1) is 13.8. The van der Waals surface area contributed by atoms with Gasteiger partial charge in [-0.05, 0) is 49.5 Å². The average Bonchev–Trinajstić information content (AvgIpc) is 3.13. The fraction of sp³-hybridized carbons (Fsp3) is 0.375. The summed E-state index contributed by atoms with van der Waals surface area (Å²) in [5.41, 5.74) is 3.29. The number of fused-ring (bicyclic) bond motifs is 1. The number of nitrogens with one attached hydrogen (secondary N) is 1. The number of benzene rings is 1. The van der Waals surface area contributed by atoms with E-state index in [1.165, 1.54) is 5.56 Å². The van der Waals surface area contributed by atoms with E-state index < -0.39 is 0 Å². The van der Waals surface area contributed by atoms with E-state index in [-0.39, 0.29) is 0 Å². The summed E-state index contributed by atoms with van der Waals surface area (Å²) in [6.07, 6.45) is 7.91. The Morgan fingerprint density at radius 1 is 1.18 bits per heavy atom. The molecule has 2 aromatic heterocycles. The van der Waals surface area contributed by atoms with E-state index in [4.69, 9.17) is 11.6 Å². The molecule has 3 heterocycles. The lowest BCUT2D eigenvalue weighted by molar-refractivity contribution is 0.461. The van der Waals surface area contributed by atoms with Crippen LogP contribution in [0.15, 0.2) is 30.7 Å². The lowest BCUT2D eigenvalue weighted by atomic mass is 9.90. The van der Waals surface area contributed by atoms with Crippen LogP contribution in [0.1, 0.15) is 24.3 Å². The van der Waals surface area contributed by atoms with Gasteiger partial charge in [-0.3, -0.25) is 4.68 Å². The van der Waals surface area contributed by atoms with Gasteiger partial charge < -0.3 is 5.32 Å². The molecule has 1 aromatic carbocycles. The third-order valence-corrected chi connectivity index (χ3v) is 4.73. The van der Waals surface area contributed by atoms with Gasteiger partial charge in [0, 0.05) is 17.5 Å². The van der Waals surface area contributed by atoms with Gasteiger partial charge in [0.25, 0.3) is 0 Å². The van der Waals surface area contributed by atoms with Crippen molar-refractivity contribution in [1.29, 1.82) is 0 Å². The molecule has 0 aliphatic carbocycles. The van der Waals surface area contributed by atoms with E-state index in [0.717, 1.165) is 47.5 Å². The molecule has 114 valence electrons. The van der Waals surface area contributed by atoms with Gasteiger partial charge in [0.15, 0.2) is 0 Å². The van der Waals surface area contributed by atoms with E-state index in [0.29, 0.717) is 5.92 Å². The predicted molar refractivity (Wildman–Crippen MR) is 87.7 cm³/mol. The highest BCUT2D eigenvalue weighted by atomic mass is 35.5. The van der Waals surface area contributed by atoms with Crippen molar-refractivity contribution in [3.8, 4) is 5.69 Å². The quantitative estimate of drug-likeness (QED) is 0.791. The van der Waals surface area contributed by atoms with Crippen LogP contribution in [0.4, 0.5) is 0 Å². The van der Waals surface area contributed by atoms with E-state index in [2.05, 4.69) is 21.6 Å². The van der Waals surface area contributed by atoms with Gasteiger partial charge in [0.1, 0.15) is 5.69 Å². The van der Waals surface area contributed by atoms with Crippen LogP contribution >= 0.6 is 11.6 Å². The largest absolute Gasteiger partial charge is 0.317 e. The average molecular weight is 316 g/mol. The van der Waals surface area contributed by atoms with E-state index in [1.807, 2.05) is 36.4 Å². The normalized spacial score (nSPS) is 16.5. The number of aromatic nitrogens is 4. The first-order chi connectivity index (χ1) is 10.7. The Labute approximate surface area is 133 Å². The molecule has 1 saturated heterocycles. The molecule has 1 fully saturated rings. The van der Waals surface area contributed by atoms with Gasteiger partial charge in [-0.25, -0.2) is 4.68 Å². The zero-order valence-electron chi connectivity index (χ0n) is 12.5. The van der Waals surface area contributed by atoms with Crippen LogP contribution in [0.3, 0.4) is 0 Å². The number of halogens is 1. The lowest BCUT2D eigenvalue weighted by Gasteiger charge is -2.24. The van der Waals surface area contributed by atoms with Crippen LogP contribution in [-0.2, 0) is 7.05 Å². The SMILES string of the molecule is Cn1cc(-n2ncc3cc(Cl)c(C4CCNCC4)cc32)cn1. The maximum absolute atomic E-state index is 6.52. The second kappa shape index (κ2) is 5.41. The van der Waals surface area contributed by atoms with Crippen molar-refractivity contribution in [3.63, 3.8) is 0 Å². The van der Waals surface area contributed by atoms with Crippen LogP contribution in [-0.4, -0.2) is 32.7 Å². The highest BCUT2D eigenvalue weighted by Gasteiger charge is 2.19. The Morgan fingerprint density at radius 2 is 2.00 bits per heavy atom. The molecule has 4 rings (SSSR count). The van der Waals surface area contributed by atoms with Gasteiger partial charge in [-0.2, -0.15) is 10.2 Å². The topological polar surface area (TPSA) is 47.7 Å². The summed E-state index contributed by atoms with van der Waals surface area (Å²) in [6.45, 7) is 2.11. The van der Waals surface area contributed by atoms with Crippen molar-refractivity contribution < 1.29 is 0 Å². The summed E-state index contributed by atoms with van der Waals surface area (Å²) in [4.78, 5) is 0. The smallest absolute Gasteiger partial charge is 0.103 e. The molecule has 1 aliphatic rings. The Kier molecular flexibility index (Phi) is 3.39. The van der Waals surface area contributed by atoms with Crippen molar-refractivity contribution in [2.45, 2.75) is 18.8 Å². The second-order valence-corrected chi connectivity index (χ2v) is 6.29. The van der Waals surface area contributed by atoms with Crippen LogP contribution in [0, 0.1) is 0 Å². The number of piperidine rings is 1. The van der Waals surface area contributed by atoms with Crippen LogP contribution < -0.4 is 5.32 Å². The number of hydrogen-bond donors (Lipinski definition) is 1. The molecule has 0 saturated carbocycles. The Hall–Kier alpha value is -1.85. The summed E-state index contributed by atoms with van der Waals surface area (Å²) < 4.78 is 3.72. The van der Waals surface area contributed by atoms with Gasteiger partial charge in [0.2, 0.25) is 0 Å². The number of rotatable bonds is 2. The van der Waals surface area contributed by atoms with Gasteiger partial charge in [-0.15, -0.1) is 0 Å².